The monoisotopic (exact) mass is 204 g/mol. The predicted octanol–water partition coefficient (Wildman–Crippen LogP) is 2.47. The molecule has 0 amide bonds. The molecule has 1 aliphatic rings. The van der Waals surface area contributed by atoms with Gasteiger partial charge in [0.2, 0.25) is 0 Å². The second-order valence-electron chi connectivity index (χ2n) is 4.10. The normalized spacial score (nSPS) is 21.2. The Morgan fingerprint density at radius 3 is 3.00 bits per heavy atom. The van der Waals surface area contributed by atoms with Gasteiger partial charge in [0.1, 0.15) is 6.29 Å². The van der Waals surface area contributed by atoms with Crippen LogP contribution in [0.25, 0.3) is 0 Å². The average Bonchev–Trinajstić information content (AvgIpc) is 2.31. The zero-order valence-corrected chi connectivity index (χ0v) is 8.82. The van der Waals surface area contributed by atoms with Crippen LogP contribution in [0.5, 0.6) is 0 Å². The number of hydrogen-bond acceptors (Lipinski definition) is 2. The maximum absolute atomic E-state index is 10.8. The van der Waals surface area contributed by atoms with Gasteiger partial charge in [-0.1, -0.05) is 24.3 Å². The SMILES string of the molecule is O=Cc1ccccc1CC1CCCOC1. The van der Waals surface area contributed by atoms with E-state index < -0.39 is 0 Å². The first-order valence-corrected chi connectivity index (χ1v) is 5.51. The first-order chi connectivity index (χ1) is 7.40. The highest BCUT2D eigenvalue weighted by atomic mass is 16.5. The Morgan fingerprint density at radius 2 is 2.27 bits per heavy atom. The van der Waals surface area contributed by atoms with Crippen LogP contribution in [0.1, 0.15) is 28.8 Å². The molecular weight excluding hydrogens is 188 g/mol. The molecule has 2 heteroatoms. The number of benzene rings is 1. The van der Waals surface area contributed by atoms with Gasteiger partial charge in [-0.25, -0.2) is 0 Å². The smallest absolute Gasteiger partial charge is 0.150 e. The Bertz CT molecular complexity index is 327. The minimum Gasteiger partial charge on any atom is -0.381 e. The van der Waals surface area contributed by atoms with Crippen molar-refractivity contribution in [3.63, 3.8) is 0 Å². The van der Waals surface area contributed by atoms with Crippen molar-refractivity contribution in [2.24, 2.45) is 5.92 Å². The quantitative estimate of drug-likeness (QED) is 0.707. The maximum atomic E-state index is 10.8. The molecule has 0 spiro atoms. The molecule has 1 unspecified atom stereocenters. The largest absolute Gasteiger partial charge is 0.381 e. The molecule has 1 aromatic rings. The molecule has 2 rings (SSSR count). The second kappa shape index (κ2) is 5.08. The average molecular weight is 204 g/mol. The minimum absolute atomic E-state index is 0.583. The first-order valence-electron chi connectivity index (χ1n) is 5.51. The van der Waals surface area contributed by atoms with Crippen LogP contribution in [0.15, 0.2) is 24.3 Å². The third kappa shape index (κ3) is 2.66. The van der Waals surface area contributed by atoms with Gasteiger partial charge in [0.25, 0.3) is 0 Å². The number of aldehydes is 1. The molecule has 0 radical (unpaired) electrons. The molecule has 80 valence electrons. The molecule has 0 bridgehead atoms. The predicted molar refractivity (Wildman–Crippen MR) is 59.1 cm³/mol. The van der Waals surface area contributed by atoms with Crippen LogP contribution in [-0.2, 0) is 11.2 Å². The van der Waals surface area contributed by atoms with Crippen molar-refractivity contribution in [3.05, 3.63) is 35.4 Å². The summed E-state index contributed by atoms with van der Waals surface area (Å²) in [5.74, 6) is 0.583. The van der Waals surface area contributed by atoms with Gasteiger partial charge in [0.05, 0.1) is 0 Å². The summed E-state index contributed by atoms with van der Waals surface area (Å²) >= 11 is 0. The molecule has 15 heavy (non-hydrogen) atoms. The summed E-state index contributed by atoms with van der Waals surface area (Å²) in [5.41, 5.74) is 1.98. The highest BCUT2D eigenvalue weighted by Crippen LogP contribution is 2.20. The van der Waals surface area contributed by atoms with Crippen molar-refractivity contribution in [3.8, 4) is 0 Å². The molecule has 1 atom stereocenters. The molecule has 1 aliphatic heterocycles. The van der Waals surface area contributed by atoms with Crippen LogP contribution in [0.3, 0.4) is 0 Å². The minimum atomic E-state index is 0.583. The van der Waals surface area contributed by atoms with Crippen LogP contribution in [0.2, 0.25) is 0 Å². The Morgan fingerprint density at radius 1 is 1.40 bits per heavy atom. The summed E-state index contributed by atoms with van der Waals surface area (Å²) in [5, 5.41) is 0. The van der Waals surface area contributed by atoms with Crippen LogP contribution in [0.4, 0.5) is 0 Å². The van der Waals surface area contributed by atoms with E-state index in [1.165, 1.54) is 6.42 Å². The summed E-state index contributed by atoms with van der Waals surface area (Å²) in [7, 11) is 0. The second-order valence-corrected chi connectivity index (χ2v) is 4.10. The van der Waals surface area contributed by atoms with E-state index in [9.17, 15) is 4.79 Å². The van der Waals surface area contributed by atoms with E-state index in [0.717, 1.165) is 43.5 Å². The van der Waals surface area contributed by atoms with E-state index in [2.05, 4.69) is 0 Å². The van der Waals surface area contributed by atoms with E-state index in [0.29, 0.717) is 5.92 Å². The molecular formula is C13H16O2. The van der Waals surface area contributed by atoms with Crippen LogP contribution < -0.4 is 0 Å². The van der Waals surface area contributed by atoms with Crippen LogP contribution in [-0.4, -0.2) is 19.5 Å². The molecule has 1 aromatic carbocycles. The zero-order chi connectivity index (χ0) is 10.5. The number of carbonyl (C=O) groups is 1. The van der Waals surface area contributed by atoms with Crippen molar-refractivity contribution in [1.82, 2.24) is 0 Å². The number of carbonyl (C=O) groups excluding carboxylic acids is 1. The molecule has 0 aliphatic carbocycles. The Kier molecular flexibility index (Phi) is 3.51. The maximum Gasteiger partial charge on any atom is 0.150 e. The fourth-order valence-electron chi connectivity index (χ4n) is 2.11. The molecule has 0 aromatic heterocycles. The Balaban J connectivity index is 2.05. The van der Waals surface area contributed by atoms with Gasteiger partial charge < -0.3 is 4.74 Å². The van der Waals surface area contributed by atoms with Crippen molar-refractivity contribution in [2.45, 2.75) is 19.3 Å². The van der Waals surface area contributed by atoms with Gasteiger partial charge in [0, 0.05) is 18.8 Å². The molecule has 1 saturated heterocycles. The summed E-state index contributed by atoms with van der Waals surface area (Å²) < 4.78 is 5.44. The molecule has 1 fully saturated rings. The Hall–Kier alpha value is -1.15. The van der Waals surface area contributed by atoms with Crippen molar-refractivity contribution >= 4 is 6.29 Å². The summed E-state index contributed by atoms with van der Waals surface area (Å²) in [6, 6.07) is 7.82. The molecule has 0 N–H and O–H groups in total. The van der Waals surface area contributed by atoms with Gasteiger partial charge in [-0.15, -0.1) is 0 Å². The Labute approximate surface area is 90.3 Å². The summed E-state index contributed by atoms with van der Waals surface area (Å²) in [6.45, 7) is 1.74. The molecule has 2 nitrogen and oxygen atoms in total. The summed E-state index contributed by atoms with van der Waals surface area (Å²) in [6.07, 6.45) is 4.27. The van der Waals surface area contributed by atoms with E-state index in [1.54, 1.807) is 0 Å². The fourth-order valence-corrected chi connectivity index (χ4v) is 2.11. The summed E-state index contributed by atoms with van der Waals surface area (Å²) in [4.78, 5) is 10.8. The van der Waals surface area contributed by atoms with Crippen LogP contribution in [0, 0.1) is 5.92 Å². The van der Waals surface area contributed by atoms with Gasteiger partial charge in [0.15, 0.2) is 0 Å². The number of ether oxygens (including phenoxy) is 1. The standard InChI is InChI=1S/C13H16O2/c14-9-13-6-2-1-5-12(13)8-11-4-3-7-15-10-11/h1-2,5-6,9,11H,3-4,7-8,10H2. The van der Waals surface area contributed by atoms with E-state index in [4.69, 9.17) is 4.74 Å². The lowest BCUT2D eigenvalue weighted by Crippen LogP contribution is -2.19. The molecule has 0 saturated carbocycles. The third-order valence-corrected chi connectivity index (χ3v) is 2.95. The highest BCUT2D eigenvalue weighted by Gasteiger charge is 2.15. The first kappa shape index (κ1) is 10.4. The lowest BCUT2D eigenvalue weighted by atomic mass is 9.92. The number of rotatable bonds is 3. The van der Waals surface area contributed by atoms with Gasteiger partial charge in [-0.3, -0.25) is 4.79 Å². The van der Waals surface area contributed by atoms with Crippen molar-refractivity contribution < 1.29 is 9.53 Å². The van der Waals surface area contributed by atoms with Gasteiger partial charge in [-0.2, -0.15) is 0 Å². The van der Waals surface area contributed by atoms with Gasteiger partial charge >= 0.3 is 0 Å². The van der Waals surface area contributed by atoms with E-state index in [-0.39, 0.29) is 0 Å². The molecule has 1 heterocycles. The lowest BCUT2D eigenvalue weighted by molar-refractivity contribution is 0.0549. The van der Waals surface area contributed by atoms with Crippen LogP contribution >= 0.6 is 0 Å². The van der Waals surface area contributed by atoms with Gasteiger partial charge in [-0.05, 0) is 30.7 Å². The fraction of sp³-hybridized carbons (Fsp3) is 0.462. The van der Waals surface area contributed by atoms with E-state index >= 15 is 0 Å². The number of hydrogen-bond donors (Lipinski definition) is 0. The van der Waals surface area contributed by atoms with E-state index in [1.807, 2.05) is 24.3 Å². The van der Waals surface area contributed by atoms with Crippen molar-refractivity contribution in [2.75, 3.05) is 13.2 Å². The lowest BCUT2D eigenvalue weighted by Gasteiger charge is -2.22. The topological polar surface area (TPSA) is 26.3 Å². The highest BCUT2D eigenvalue weighted by molar-refractivity contribution is 5.77. The zero-order valence-electron chi connectivity index (χ0n) is 8.82. The third-order valence-electron chi connectivity index (χ3n) is 2.95. The van der Waals surface area contributed by atoms with Crippen molar-refractivity contribution in [1.29, 1.82) is 0 Å².